The third kappa shape index (κ3) is 8.74. The summed E-state index contributed by atoms with van der Waals surface area (Å²) >= 11 is 0. The van der Waals surface area contributed by atoms with Crippen LogP contribution in [-0.4, -0.2) is 48.3 Å². The van der Waals surface area contributed by atoms with Crippen LogP contribution in [0.1, 0.15) is 89.5 Å². The van der Waals surface area contributed by atoms with Crippen LogP contribution in [0.25, 0.3) is 0 Å². The van der Waals surface area contributed by atoms with E-state index in [-0.39, 0.29) is 23.7 Å². The summed E-state index contributed by atoms with van der Waals surface area (Å²) in [6.07, 6.45) is 13.9. The highest BCUT2D eigenvalue weighted by molar-refractivity contribution is 5.89. The Balaban J connectivity index is 1.78. The summed E-state index contributed by atoms with van der Waals surface area (Å²) in [5, 5.41) is 11.2. The number of aliphatic hydroxyl groups is 1. The molecule has 3 aliphatic heterocycles. The molecule has 1 saturated heterocycles. The Hall–Kier alpha value is -1.85. The smallest absolute Gasteiger partial charge is 0.338 e. The molecule has 0 spiro atoms. The van der Waals surface area contributed by atoms with E-state index in [0.29, 0.717) is 31.9 Å². The van der Waals surface area contributed by atoms with E-state index >= 15 is 0 Å². The lowest BCUT2D eigenvalue weighted by Gasteiger charge is -2.36. The first-order valence-corrected chi connectivity index (χ1v) is 13.6. The van der Waals surface area contributed by atoms with Gasteiger partial charge in [0.25, 0.3) is 0 Å². The van der Waals surface area contributed by atoms with Crippen molar-refractivity contribution in [2.24, 2.45) is 5.92 Å². The summed E-state index contributed by atoms with van der Waals surface area (Å²) in [5.74, 6) is -0.0488. The lowest BCUT2D eigenvalue weighted by atomic mass is 9.87. The van der Waals surface area contributed by atoms with Crippen molar-refractivity contribution in [3.63, 3.8) is 0 Å². The monoisotopic (exact) mass is 471 g/mol. The molecule has 0 radical (unpaired) electrons. The van der Waals surface area contributed by atoms with E-state index in [9.17, 15) is 9.90 Å². The first kappa shape index (κ1) is 26.7. The number of rotatable bonds is 6. The van der Waals surface area contributed by atoms with Gasteiger partial charge in [-0.05, 0) is 44.7 Å². The minimum absolute atomic E-state index is 0.0334. The third-order valence-electron chi connectivity index (χ3n) is 7.36. The second-order valence-corrected chi connectivity index (χ2v) is 9.95. The average molecular weight is 472 g/mol. The molecule has 5 heteroatoms. The molecule has 34 heavy (non-hydrogen) atoms. The van der Waals surface area contributed by atoms with Crippen LogP contribution in [0.4, 0.5) is 0 Å². The van der Waals surface area contributed by atoms with Gasteiger partial charge in [-0.15, -0.1) is 0 Å². The van der Waals surface area contributed by atoms with Crippen LogP contribution in [0, 0.1) is 5.92 Å². The van der Waals surface area contributed by atoms with Gasteiger partial charge < -0.3 is 14.6 Å². The van der Waals surface area contributed by atoms with Crippen LogP contribution in [-0.2, 0) is 20.9 Å². The fraction of sp³-hybridized carbons (Fsp3) is 0.690. The molecule has 3 unspecified atom stereocenters. The van der Waals surface area contributed by atoms with Gasteiger partial charge in [0, 0.05) is 18.5 Å². The number of esters is 1. The van der Waals surface area contributed by atoms with Gasteiger partial charge in [-0.2, -0.15) is 0 Å². The van der Waals surface area contributed by atoms with Crippen molar-refractivity contribution >= 4 is 5.97 Å². The molecule has 4 rings (SSSR count). The fourth-order valence-electron chi connectivity index (χ4n) is 5.32. The molecule has 1 aromatic carbocycles. The molecule has 0 aliphatic carbocycles. The highest BCUT2D eigenvalue weighted by Crippen LogP contribution is 2.31. The second kappa shape index (κ2) is 15.2. The lowest BCUT2D eigenvalue weighted by molar-refractivity contribution is -0.139. The Kier molecular flexibility index (Phi) is 12.0. The second-order valence-electron chi connectivity index (χ2n) is 9.95. The third-order valence-corrected chi connectivity index (χ3v) is 7.36. The predicted molar refractivity (Wildman–Crippen MR) is 137 cm³/mol. The summed E-state index contributed by atoms with van der Waals surface area (Å²) < 4.78 is 11.6. The van der Waals surface area contributed by atoms with Gasteiger partial charge in [-0.3, -0.25) is 4.90 Å². The molecule has 1 aromatic rings. The predicted octanol–water partition coefficient (Wildman–Crippen LogP) is 6.57. The average Bonchev–Trinajstić information content (AvgIpc) is 2.84. The topological polar surface area (TPSA) is 59.0 Å². The summed E-state index contributed by atoms with van der Waals surface area (Å²) in [6, 6.07) is 10.5. The van der Waals surface area contributed by atoms with Crippen LogP contribution in [0.3, 0.4) is 0 Å². The summed E-state index contributed by atoms with van der Waals surface area (Å²) in [6.45, 7) is 4.75. The molecule has 0 amide bonds. The van der Waals surface area contributed by atoms with Crippen LogP contribution < -0.4 is 0 Å². The minimum Gasteiger partial charge on any atom is -0.511 e. The molecule has 2 bridgehead atoms. The quantitative estimate of drug-likeness (QED) is 0.475. The Morgan fingerprint density at radius 2 is 1.62 bits per heavy atom. The number of nitrogens with zero attached hydrogens (tertiary/aromatic N) is 1. The van der Waals surface area contributed by atoms with Crippen molar-refractivity contribution in [2.45, 2.75) is 96.6 Å². The number of allylic oxidation sites excluding steroid dienone is 1. The number of fused-ring (bicyclic) bond motifs is 13. The van der Waals surface area contributed by atoms with Gasteiger partial charge in [0.1, 0.15) is 5.76 Å². The highest BCUT2D eigenvalue weighted by atomic mass is 16.5. The van der Waals surface area contributed by atoms with E-state index in [1.54, 1.807) is 0 Å². The van der Waals surface area contributed by atoms with Gasteiger partial charge in [0.15, 0.2) is 0 Å². The van der Waals surface area contributed by atoms with E-state index in [0.717, 1.165) is 38.6 Å². The molecule has 190 valence electrons. The first-order valence-electron chi connectivity index (χ1n) is 13.6. The summed E-state index contributed by atoms with van der Waals surface area (Å²) in [5.41, 5.74) is 1.64. The fourth-order valence-corrected chi connectivity index (χ4v) is 5.32. The van der Waals surface area contributed by atoms with Crippen molar-refractivity contribution < 1.29 is 19.4 Å². The molecule has 3 heterocycles. The van der Waals surface area contributed by atoms with Crippen LogP contribution in [0.15, 0.2) is 41.7 Å². The minimum atomic E-state index is -0.359. The maximum Gasteiger partial charge on any atom is 0.338 e. The zero-order valence-corrected chi connectivity index (χ0v) is 21.2. The number of hydrogen-bond acceptors (Lipinski definition) is 5. The van der Waals surface area contributed by atoms with Crippen LogP contribution in [0.2, 0.25) is 0 Å². The molecule has 1 fully saturated rings. The molecular formula is C29H45NO4. The van der Waals surface area contributed by atoms with Gasteiger partial charge in [0.2, 0.25) is 0 Å². The van der Waals surface area contributed by atoms with Gasteiger partial charge in [0.05, 0.1) is 25.4 Å². The summed E-state index contributed by atoms with van der Waals surface area (Å²) in [7, 11) is 0. The molecule has 0 aromatic heterocycles. The normalized spacial score (nSPS) is 25.6. The molecule has 0 saturated carbocycles. The van der Waals surface area contributed by atoms with E-state index in [1.165, 1.54) is 50.5 Å². The maximum absolute atomic E-state index is 12.9. The molecular weight excluding hydrogens is 426 g/mol. The zero-order valence-electron chi connectivity index (χ0n) is 21.2. The molecule has 1 N–H and O–H groups in total. The van der Waals surface area contributed by atoms with Crippen molar-refractivity contribution in [2.75, 3.05) is 26.3 Å². The molecule has 3 atom stereocenters. The Morgan fingerprint density at radius 3 is 2.32 bits per heavy atom. The number of aliphatic hydroxyl groups excluding tert-OH is 1. The van der Waals surface area contributed by atoms with Crippen LogP contribution in [0.5, 0.6) is 0 Å². The van der Waals surface area contributed by atoms with Crippen molar-refractivity contribution in [1.29, 1.82) is 0 Å². The van der Waals surface area contributed by atoms with E-state index in [1.807, 2.05) is 25.1 Å². The molecule has 3 aliphatic rings. The van der Waals surface area contributed by atoms with Crippen LogP contribution >= 0.6 is 0 Å². The number of benzene rings is 1. The molecule has 5 nitrogen and oxygen atoms in total. The standard InChI is InChI=1S/C29H45NO4/c1-2-34-29(32)27-21-30-20-14-9-7-5-3-4-6-8-13-17-25(28(27)31)18-19-26(30)23-33-22-24-15-11-10-12-16-24/h10-12,15-16,25-26,31H,2-9,13-14,17-23H2,1H3. The first-order chi connectivity index (χ1) is 16.7. The highest BCUT2D eigenvalue weighted by Gasteiger charge is 2.31. The Labute approximate surface area is 206 Å². The summed E-state index contributed by atoms with van der Waals surface area (Å²) in [4.78, 5) is 15.3. The van der Waals surface area contributed by atoms with Crippen molar-refractivity contribution in [3.8, 4) is 0 Å². The zero-order chi connectivity index (χ0) is 24.0. The largest absolute Gasteiger partial charge is 0.511 e. The van der Waals surface area contributed by atoms with Crippen molar-refractivity contribution in [1.82, 2.24) is 4.90 Å². The number of hydrogen-bond donors (Lipinski definition) is 1. The lowest BCUT2D eigenvalue weighted by Crippen LogP contribution is -2.43. The van der Waals surface area contributed by atoms with E-state index in [2.05, 4.69) is 17.0 Å². The number of carbonyl (C=O) groups excluding carboxylic acids is 1. The number of carbonyl (C=O) groups is 1. The number of ether oxygens (including phenoxy) is 2. The Bertz CT molecular complexity index is 748. The maximum atomic E-state index is 12.9. The van der Waals surface area contributed by atoms with E-state index in [4.69, 9.17) is 9.47 Å². The van der Waals surface area contributed by atoms with Gasteiger partial charge in [-0.1, -0.05) is 81.7 Å². The van der Waals surface area contributed by atoms with Gasteiger partial charge in [-0.25, -0.2) is 4.79 Å². The SMILES string of the molecule is CCOC(=O)C1=C(O)C2CCCCCCCCCCCN(C1)C(COCc1ccccc1)CC2. The Morgan fingerprint density at radius 1 is 0.941 bits per heavy atom. The van der Waals surface area contributed by atoms with E-state index < -0.39 is 0 Å². The van der Waals surface area contributed by atoms with Crippen molar-refractivity contribution in [3.05, 3.63) is 47.2 Å². The van der Waals surface area contributed by atoms with Gasteiger partial charge >= 0.3 is 5.97 Å².